The second-order valence-electron chi connectivity index (χ2n) is 3.81. The molecule has 0 aromatic heterocycles. The molecule has 0 amide bonds. The second kappa shape index (κ2) is 5.29. The fraction of sp³-hybridized carbons (Fsp3) is 0.462. The molecule has 0 aromatic carbocycles. The van der Waals surface area contributed by atoms with Gasteiger partial charge in [-0.25, -0.2) is 0 Å². The number of hydrogen-bond acceptors (Lipinski definition) is 1. The van der Waals surface area contributed by atoms with Gasteiger partial charge in [0, 0.05) is 10.7 Å². The summed E-state index contributed by atoms with van der Waals surface area (Å²) in [6.07, 6.45) is 4.46. The SMILES string of the molecule is C=C=CS[C@@H]1C(C)=C(C=C)CC[C@H]1C. The fourth-order valence-electron chi connectivity index (χ4n) is 1.96. The molecule has 76 valence electrons. The van der Waals surface area contributed by atoms with Crippen LogP contribution < -0.4 is 0 Å². The Morgan fingerprint density at radius 1 is 1.57 bits per heavy atom. The summed E-state index contributed by atoms with van der Waals surface area (Å²) in [5.41, 5.74) is 5.74. The van der Waals surface area contributed by atoms with Crippen molar-refractivity contribution in [3.63, 3.8) is 0 Å². The summed E-state index contributed by atoms with van der Waals surface area (Å²) in [6.45, 7) is 12.0. The third-order valence-electron chi connectivity index (χ3n) is 2.86. The van der Waals surface area contributed by atoms with E-state index in [0.29, 0.717) is 5.25 Å². The highest BCUT2D eigenvalue weighted by molar-refractivity contribution is 8.02. The Balaban J connectivity index is 2.87. The molecular weight excluding hydrogens is 188 g/mol. The van der Waals surface area contributed by atoms with E-state index < -0.39 is 0 Å². The van der Waals surface area contributed by atoms with E-state index in [9.17, 15) is 0 Å². The second-order valence-corrected chi connectivity index (χ2v) is 4.82. The Hall–Kier alpha value is -0.650. The van der Waals surface area contributed by atoms with Gasteiger partial charge in [0.2, 0.25) is 0 Å². The molecular formula is C13H18S. The molecule has 0 aliphatic heterocycles. The smallest absolute Gasteiger partial charge is 0.0332 e. The van der Waals surface area contributed by atoms with Crippen molar-refractivity contribution >= 4 is 11.8 Å². The molecule has 1 rings (SSSR count). The number of thioether (sulfide) groups is 1. The lowest BCUT2D eigenvalue weighted by Gasteiger charge is -2.29. The molecule has 0 spiro atoms. The molecule has 0 heterocycles. The van der Waals surface area contributed by atoms with Crippen LogP contribution in [0.5, 0.6) is 0 Å². The highest BCUT2D eigenvalue weighted by Gasteiger charge is 2.24. The molecule has 0 saturated carbocycles. The predicted molar refractivity (Wildman–Crippen MR) is 66.4 cm³/mol. The normalized spacial score (nSPS) is 27.0. The van der Waals surface area contributed by atoms with Crippen molar-refractivity contribution in [3.05, 3.63) is 41.5 Å². The van der Waals surface area contributed by atoms with Gasteiger partial charge >= 0.3 is 0 Å². The Morgan fingerprint density at radius 3 is 2.86 bits per heavy atom. The largest absolute Gasteiger partial charge is 0.122 e. The fourth-order valence-corrected chi connectivity index (χ4v) is 2.96. The molecule has 0 radical (unpaired) electrons. The van der Waals surface area contributed by atoms with E-state index >= 15 is 0 Å². The van der Waals surface area contributed by atoms with E-state index in [2.05, 4.69) is 32.7 Å². The number of rotatable bonds is 3. The van der Waals surface area contributed by atoms with Crippen LogP contribution in [0.4, 0.5) is 0 Å². The van der Waals surface area contributed by atoms with Crippen molar-refractivity contribution in [2.45, 2.75) is 31.9 Å². The zero-order valence-electron chi connectivity index (χ0n) is 9.05. The molecule has 0 unspecified atom stereocenters. The topological polar surface area (TPSA) is 0 Å². The van der Waals surface area contributed by atoms with Crippen molar-refractivity contribution in [1.82, 2.24) is 0 Å². The molecule has 1 aliphatic rings. The molecule has 0 bridgehead atoms. The van der Waals surface area contributed by atoms with Crippen LogP contribution in [0.15, 0.2) is 41.5 Å². The summed E-state index contributed by atoms with van der Waals surface area (Å²) < 4.78 is 0. The first-order valence-electron chi connectivity index (χ1n) is 5.02. The lowest BCUT2D eigenvalue weighted by molar-refractivity contribution is 0.513. The molecule has 14 heavy (non-hydrogen) atoms. The van der Waals surface area contributed by atoms with Crippen molar-refractivity contribution in [2.75, 3.05) is 0 Å². The van der Waals surface area contributed by atoms with E-state index in [-0.39, 0.29) is 0 Å². The summed E-state index contributed by atoms with van der Waals surface area (Å²) in [7, 11) is 0. The van der Waals surface area contributed by atoms with Gasteiger partial charge in [-0.15, -0.1) is 17.5 Å². The Morgan fingerprint density at radius 2 is 2.29 bits per heavy atom. The van der Waals surface area contributed by atoms with Crippen LogP contribution in [0.25, 0.3) is 0 Å². The van der Waals surface area contributed by atoms with E-state index in [0.717, 1.165) is 5.92 Å². The minimum absolute atomic E-state index is 0.589. The quantitative estimate of drug-likeness (QED) is 0.620. The van der Waals surface area contributed by atoms with Crippen LogP contribution in [0, 0.1) is 5.92 Å². The molecule has 1 aliphatic carbocycles. The van der Waals surface area contributed by atoms with Gasteiger partial charge in [-0.3, -0.25) is 0 Å². The van der Waals surface area contributed by atoms with Gasteiger partial charge in [0.15, 0.2) is 0 Å². The van der Waals surface area contributed by atoms with Gasteiger partial charge in [0.25, 0.3) is 0 Å². The Kier molecular flexibility index (Phi) is 4.31. The summed E-state index contributed by atoms with van der Waals surface area (Å²) in [6, 6.07) is 0. The third kappa shape index (κ3) is 2.43. The lowest BCUT2D eigenvalue weighted by atomic mass is 9.85. The van der Waals surface area contributed by atoms with Crippen LogP contribution in [0.2, 0.25) is 0 Å². The van der Waals surface area contributed by atoms with E-state index in [1.807, 2.05) is 23.2 Å². The summed E-state index contributed by atoms with van der Waals surface area (Å²) in [5, 5.41) is 2.56. The monoisotopic (exact) mass is 206 g/mol. The molecule has 0 fully saturated rings. The van der Waals surface area contributed by atoms with E-state index in [1.165, 1.54) is 24.0 Å². The third-order valence-corrected chi connectivity index (χ3v) is 4.28. The number of allylic oxidation sites excluding steroid dienone is 2. The molecule has 0 aromatic rings. The van der Waals surface area contributed by atoms with Crippen molar-refractivity contribution in [2.24, 2.45) is 5.92 Å². The zero-order valence-corrected chi connectivity index (χ0v) is 9.86. The molecule has 2 atom stereocenters. The van der Waals surface area contributed by atoms with Crippen LogP contribution in [0.1, 0.15) is 26.7 Å². The Bertz CT molecular complexity index is 292. The zero-order chi connectivity index (χ0) is 10.6. The van der Waals surface area contributed by atoms with Gasteiger partial charge in [-0.2, -0.15) is 0 Å². The average molecular weight is 206 g/mol. The molecule has 0 nitrogen and oxygen atoms in total. The molecule has 1 heteroatoms. The van der Waals surface area contributed by atoms with Gasteiger partial charge in [0.05, 0.1) is 0 Å². The van der Waals surface area contributed by atoms with Crippen molar-refractivity contribution in [1.29, 1.82) is 0 Å². The van der Waals surface area contributed by atoms with Crippen LogP contribution in [-0.2, 0) is 0 Å². The molecule has 0 saturated heterocycles. The molecule has 0 N–H and O–H groups in total. The first kappa shape index (κ1) is 11.4. The average Bonchev–Trinajstić information content (AvgIpc) is 2.18. The summed E-state index contributed by atoms with van der Waals surface area (Å²) >= 11 is 1.83. The highest BCUT2D eigenvalue weighted by atomic mass is 32.2. The maximum absolute atomic E-state index is 3.87. The lowest BCUT2D eigenvalue weighted by Crippen LogP contribution is -2.20. The first-order chi connectivity index (χ1) is 6.70. The maximum Gasteiger partial charge on any atom is 0.0332 e. The van der Waals surface area contributed by atoms with E-state index in [1.54, 1.807) is 0 Å². The van der Waals surface area contributed by atoms with Gasteiger partial charge in [0.1, 0.15) is 0 Å². The van der Waals surface area contributed by atoms with Gasteiger partial charge in [-0.05, 0) is 31.3 Å². The number of hydrogen-bond donors (Lipinski definition) is 0. The highest BCUT2D eigenvalue weighted by Crippen LogP contribution is 2.37. The summed E-state index contributed by atoms with van der Waals surface area (Å²) in [4.78, 5) is 0. The summed E-state index contributed by atoms with van der Waals surface area (Å²) in [5.74, 6) is 0.744. The first-order valence-corrected chi connectivity index (χ1v) is 5.96. The predicted octanol–water partition coefficient (Wildman–Crippen LogP) is 4.32. The van der Waals surface area contributed by atoms with Gasteiger partial charge < -0.3 is 0 Å². The van der Waals surface area contributed by atoms with E-state index in [4.69, 9.17) is 0 Å². The van der Waals surface area contributed by atoms with Crippen LogP contribution >= 0.6 is 11.8 Å². The maximum atomic E-state index is 3.87. The Labute approximate surface area is 91.5 Å². The standard InChI is InChI=1S/C13H18S/c1-5-9-14-13-10(3)7-8-12(6-2)11(13)4/h6,9-10,13H,1-2,7-8H2,3-4H3/t10-,13+/m1/s1. The van der Waals surface area contributed by atoms with Crippen molar-refractivity contribution < 1.29 is 0 Å². The minimum Gasteiger partial charge on any atom is -0.122 e. The van der Waals surface area contributed by atoms with Crippen molar-refractivity contribution in [3.8, 4) is 0 Å². The van der Waals surface area contributed by atoms with Crippen LogP contribution in [-0.4, -0.2) is 5.25 Å². The van der Waals surface area contributed by atoms with Gasteiger partial charge in [-0.1, -0.05) is 31.7 Å². The minimum atomic E-state index is 0.589. The van der Waals surface area contributed by atoms with Crippen LogP contribution in [0.3, 0.4) is 0 Å².